The Hall–Kier alpha value is -2.00. The number of hydrogen-bond donors (Lipinski definition) is 1. The second-order valence-electron chi connectivity index (χ2n) is 5.38. The third kappa shape index (κ3) is 3.73. The summed E-state index contributed by atoms with van der Waals surface area (Å²) in [6.07, 6.45) is 2.43. The van der Waals surface area contributed by atoms with Crippen LogP contribution in [0.3, 0.4) is 0 Å². The fraction of sp³-hybridized carbons (Fsp3) is 0.400. The van der Waals surface area contributed by atoms with Crippen molar-refractivity contribution in [1.82, 2.24) is 30.1 Å². The smallest absolute Gasteiger partial charge is 0.256 e. The lowest BCUT2D eigenvalue weighted by atomic mass is 10.3. The lowest BCUT2D eigenvalue weighted by Crippen LogP contribution is -2.24. The van der Waals surface area contributed by atoms with E-state index in [4.69, 9.17) is 0 Å². The minimum Gasteiger partial charge on any atom is -0.352 e. The number of nitrogens with zero attached hydrogens (tertiary/aromatic N) is 5. The van der Waals surface area contributed by atoms with Crippen LogP contribution in [0, 0.1) is 20.8 Å². The van der Waals surface area contributed by atoms with Gasteiger partial charge in [-0.3, -0.25) is 4.79 Å². The van der Waals surface area contributed by atoms with Crippen LogP contribution in [-0.4, -0.2) is 43.0 Å². The zero-order valence-electron chi connectivity index (χ0n) is 13.7. The van der Waals surface area contributed by atoms with Crippen molar-refractivity contribution in [2.45, 2.75) is 31.5 Å². The maximum atomic E-state index is 12.3. The first-order chi connectivity index (χ1) is 11.5. The van der Waals surface area contributed by atoms with Crippen LogP contribution in [0.25, 0.3) is 5.65 Å². The molecule has 0 fully saturated rings. The van der Waals surface area contributed by atoms with Gasteiger partial charge in [-0.15, -0.1) is 10.2 Å². The number of carbonyl (C=O) groups is 1. The summed E-state index contributed by atoms with van der Waals surface area (Å²) in [7, 11) is 0. The highest BCUT2D eigenvalue weighted by molar-refractivity contribution is 8.01. The Labute approximate surface area is 147 Å². The van der Waals surface area contributed by atoms with Crippen LogP contribution < -0.4 is 5.32 Å². The Morgan fingerprint density at radius 1 is 1.33 bits per heavy atom. The molecule has 9 heteroatoms. The fourth-order valence-corrected chi connectivity index (χ4v) is 4.12. The minimum absolute atomic E-state index is 0.140. The molecule has 0 aromatic carbocycles. The van der Waals surface area contributed by atoms with E-state index in [1.807, 2.05) is 26.8 Å². The summed E-state index contributed by atoms with van der Waals surface area (Å²) in [5, 5.41) is 16.2. The van der Waals surface area contributed by atoms with Gasteiger partial charge in [0.15, 0.2) is 9.99 Å². The molecule has 24 heavy (non-hydrogen) atoms. The number of thioether (sulfide) groups is 1. The second-order valence-corrected chi connectivity index (χ2v) is 7.90. The molecule has 0 saturated heterocycles. The Balaban J connectivity index is 1.54. The van der Waals surface area contributed by atoms with Gasteiger partial charge in [0, 0.05) is 23.7 Å². The van der Waals surface area contributed by atoms with Gasteiger partial charge in [-0.25, -0.2) is 9.50 Å². The van der Waals surface area contributed by atoms with E-state index in [-0.39, 0.29) is 5.91 Å². The molecule has 0 unspecified atom stereocenters. The number of nitrogens with one attached hydrogen (secondary N) is 1. The lowest BCUT2D eigenvalue weighted by molar-refractivity contribution is 0.0955. The van der Waals surface area contributed by atoms with Gasteiger partial charge in [-0.2, -0.15) is 5.10 Å². The summed E-state index contributed by atoms with van der Waals surface area (Å²) in [6, 6.07) is 1.94. The Morgan fingerprint density at radius 3 is 2.92 bits per heavy atom. The highest BCUT2D eigenvalue weighted by Crippen LogP contribution is 2.22. The van der Waals surface area contributed by atoms with E-state index in [2.05, 4.69) is 25.6 Å². The van der Waals surface area contributed by atoms with Crippen LogP contribution in [0.15, 0.2) is 16.6 Å². The first-order valence-corrected chi connectivity index (χ1v) is 9.38. The van der Waals surface area contributed by atoms with Gasteiger partial charge in [0.2, 0.25) is 0 Å². The van der Waals surface area contributed by atoms with Crippen molar-refractivity contribution in [2.24, 2.45) is 0 Å². The van der Waals surface area contributed by atoms with Crippen LogP contribution >= 0.6 is 23.1 Å². The summed E-state index contributed by atoms with van der Waals surface area (Å²) in [5.74, 6) is 0.749. The molecule has 1 N–H and O–H groups in total. The average molecular weight is 362 g/mol. The van der Waals surface area contributed by atoms with E-state index < -0.39 is 0 Å². The summed E-state index contributed by atoms with van der Waals surface area (Å²) >= 11 is 3.25. The van der Waals surface area contributed by atoms with Crippen LogP contribution in [0.5, 0.6) is 0 Å². The van der Waals surface area contributed by atoms with Gasteiger partial charge in [0.1, 0.15) is 10.6 Å². The average Bonchev–Trinajstić information content (AvgIpc) is 3.13. The SMILES string of the molecule is Cc1cc(C)n2ncc(C(=O)NCCCSc3nnc(C)s3)c2n1. The molecule has 126 valence electrons. The van der Waals surface area contributed by atoms with E-state index in [1.54, 1.807) is 33.8 Å². The number of aryl methyl sites for hydroxylation is 3. The Kier molecular flexibility index (Phi) is 5.10. The van der Waals surface area contributed by atoms with Crippen molar-refractivity contribution in [2.75, 3.05) is 12.3 Å². The van der Waals surface area contributed by atoms with E-state index >= 15 is 0 Å². The molecule has 0 aliphatic rings. The number of hydrogen-bond acceptors (Lipinski definition) is 7. The number of amides is 1. The monoisotopic (exact) mass is 362 g/mol. The quantitative estimate of drug-likeness (QED) is 0.535. The maximum Gasteiger partial charge on any atom is 0.256 e. The van der Waals surface area contributed by atoms with Crippen molar-refractivity contribution in [1.29, 1.82) is 0 Å². The van der Waals surface area contributed by atoms with E-state index in [0.717, 1.165) is 32.9 Å². The van der Waals surface area contributed by atoms with Gasteiger partial charge in [0.05, 0.1) is 6.20 Å². The molecule has 1 amide bonds. The second kappa shape index (κ2) is 7.27. The largest absolute Gasteiger partial charge is 0.352 e. The molecule has 3 heterocycles. The highest BCUT2D eigenvalue weighted by Gasteiger charge is 2.15. The number of fused-ring (bicyclic) bond motifs is 1. The van der Waals surface area contributed by atoms with Gasteiger partial charge < -0.3 is 5.32 Å². The zero-order valence-corrected chi connectivity index (χ0v) is 15.4. The molecule has 3 aromatic rings. The molecular weight excluding hydrogens is 344 g/mol. The topological polar surface area (TPSA) is 85.1 Å². The molecule has 0 aliphatic heterocycles. The molecule has 0 atom stereocenters. The van der Waals surface area contributed by atoms with Gasteiger partial charge in [-0.05, 0) is 33.3 Å². The number of rotatable bonds is 6. The van der Waals surface area contributed by atoms with Crippen LogP contribution in [0.1, 0.15) is 33.2 Å². The van der Waals surface area contributed by atoms with Gasteiger partial charge in [0.25, 0.3) is 5.91 Å². The third-order valence-electron chi connectivity index (χ3n) is 3.36. The zero-order chi connectivity index (χ0) is 17.1. The normalized spacial score (nSPS) is 11.1. The molecule has 3 aromatic heterocycles. The Morgan fingerprint density at radius 2 is 2.17 bits per heavy atom. The lowest BCUT2D eigenvalue weighted by Gasteiger charge is -2.04. The highest BCUT2D eigenvalue weighted by atomic mass is 32.2. The van der Waals surface area contributed by atoms with Crippen LogP contribution in [0.4, 0.5) is 0 Å². The van der Waals surface area contributed by atoms with Crippen LogP contribution in [0.2, 0.25) is 0 Å². The molecule has 0 radical (unpaired) electrons. The standard InChI is InChI=1S/C15H18N6OS2/c1-9-7-10(2)21-13(18-9)12(8-17-21)14(22)16-5-4-6-23-15-20-19-11(3)24-15/h7-8H,4-6H2,1-3H3,(H,16,22). The minimum atomic E-state index is -0.140. The van der Waals surface area contributed by atoms with Crippen molar-refractivity contribution in [3.63, 3.8) is 0 Å². The summed E-state index contributed by atoms with van der Waals surface area (Å²) in [6.45, 7) is 6.40. The van der Waals surface area contributed by atoms with E-state index in [0.29, 0.717) is 17.8 Å². The molecule has 0 spiro atoms. The summed E-state index contributed by atoms with van der Waals surface area (Å²) < 4.78 is 2.66. The summed E-state index contributed by atoms with van der Waals surface area (Å²) in [5.41, 5.74) is 2.94. The summed E-state index contributed by atoms with van der Waals surface area (Å²) in [4.78, 5) is 16.8. The molecular formula is C15H18N6OS2. The van der Waals surface area contributed by atoms with Crippen molar-refractivity contribution < 1.29 is 4.79 Å². The van der Waals surface area contributed by atoms with Crippen molar-refractivity contribution >= 4 is 34.7 Å². The molecule has 0 aliphatic carbocycles. The first kappa shape index (κ1) is 16.8. The fourth-order valence-electron chi connectivity index (χ4n) is 2.30. The molecule has 3 rings (SSSR count). The first-order valence-electron chi connectivity index (χ1n) is 7.57. The van der Waals surface area contributed by atoms with E-state index in [9.17, 15) is 4.79 Å². The number of aromatic nitrogens is 5. The van der Waals surface area contributed by atoms with Crippen molar-refractivity contribution in [3.8, 4) is 0 Å². The Bertz CT molecular complexity index is 872. The molecule has 7 nitrogen and oxygen atoms in total. The predicted molar refractivity (Wildman–Crippen MR) is 94.8 cm³/mol. The molecule has 0 saturated carbocycles. The third-order valence-corrected chi connectivity index (χ3v) is 5.42. The van der Waals surface area contributed by atoms with E-state index in [1.165, 1.54) is 0 Å². The van der Waals surface area contributed by atoms with Gasteiger partial charge in [-0.1, -0.05) is 23.1 Å². The van der Waals surface area contributed by atoms with Crippen LogP contribution in [-0.2, 0) is 0 Å². The van der Waals surface area contributed by atoms with Gasteiger partial charge >= 0.3 is 0 Å². The molecule has 0 bridgehead atoms. The predicted octanol–water partition coefficient (Wildman–Crippen LogP) is 2.42. The number of carbonyl (C=O) groups excluding carboxylic acids is 1. The van der Waals surface area contributed by atoms with Crippen molar-refractivity contribution in [3.05, 3.63) is 34.2 Å². The maximum absolute atomic E-state index is 12.3.